The van der Waals surface area contributed by atoms with Crippen LogP contribution in [0.25, 0.3) is 5.65 Å². The number of Topliss-reactive ketones (excluding diaryl/α,β-unsaturated/α-hetero) is 1. The fraction of sp³-hybridized carbons (Fsp3) is 0.154. The van der Waals surface area contributed by atoms with E-state index in [1.54, 1.807) is 0 Å². The quantitative estimate of drug-likeness (QED) is 0.539. The third-order valence-electron chi connectivity index (χ3n) is 2.77. The molecule has 0 aliphatic rings. The van der Waals surface area contributed by atoms with Crippen molar-refractivity contribution < 1.29 is 4.79 Å². The van der Waals surface area contributed by atoms with Crippen LogP contribution in [0.1, 0.15) is 10.4 Å². The maximum atomic E-state index is 12.0. The van der Waals surface area contributed by atoms with E-state index >= 15 is 0 Å². The van der Waals surface area contributed by atoms with Gasteiger partial charge in [0.15, 0.2) is 16.6 Å². The van der Waals surface area contributed by atoms with Crippen LogP contribution in [0, 0.1) is 0 Å². The molecule has 0 N–H and O–H groups in total. The zero-order valence-corrected chi connectivity index (χ0v) is 11.2. The van der Waals surface area contributed by atoms with E-state index in [0.717, 1.165) is 16.4 Å². The molecule has 3 heterocycles. The molecule has 0 saturated heterocycles. The summed E-state index contributed by atoms with van der Waals surface area (Å²) in [5.74, 6) is 0.456. The number of aryl methyl sites for hydroxylation is 1. The first-order valence-electron chi connectivity index (χ1n) is 5.82. The first-order valence-corrected chi connectivity index (χ1v) is 6.80. The predicted molar refractivity (Wildman–Crippen MR) is 73.5 cm³/mol. The highest BCUT2D eigenvalue weighted by atomic mass is 32.2. The molecule has 96 valence electrons. The van der Waals surface area contributed by atoms with Crippen LogP contribution in [0.2, 0.25) is 0 Å². The number of nitrogens with zero attached hydrogens (tertiary/aromatic N) is 4. The van der Waals surface area contributed by atoms with Crippen molar-refractivity contribution in [3.8, 4) is 0 Å². The molecule has 0 radical (unpaired) electrons. The molecule has 3 aromatic rings. The maximum absolute atomic E-state index is 12.0. The molecular formula is C13H12N4OS. The van der Waals surface area contributed by atoms with Crippen LogP contribution in [0.3, 0.4) is 0 Å². The molecule has 0 spiro atoms. The van der Waals surface area contributed by atoms with E-state index in [-0.39, 0.29) is 5.78 Å². The summed E-state index contributed by atoms with van der Waals surface area (Å²) in [6.45, 7) is 0. The Morgan fingerprint density at radius 3 is 2.95 bits per heavy atom. The highest BCUT2D eigenvalue weighted by molar-refractivity contribution is 7.99. The van der Waals surface area contributed by atoms with E-state index in [1.807, 2.05) is 58.9 Å². The van der Waals surface area contributed by atoms with Crippen molar-refractivity contribution in [3.05, 3.63) is 48.4 Å². The van der Waals surface area contributed by atoms with Crippen molar-refractivity contribution in [2.24, 2.45) is 7.05 Å². The number of rotatable bonds is 4. The molecule has 5 nitrogen and oxygen atoms in total. The fourth-order valence-electron chi connectivity index (χ4n) is 1.80. The molecule has 3 aromatic heterocycles. The molecule has 0 aliphatic heterocycles. The lowest BCUT2D eigenvalue weighted by Gasteiger charge is -1.98. The summed E-state index contributed by atoms with van der Waals surface area (Å²) in [7, 11) is 1.90. The highest BCUT2D eigenvalue weighted by Gasteiger charge is 2.11. The molecule has 0 atom stereocenters. The number of pyridine rings is 1. The average molecular weight is 272 g/mol. The predicted octanol–water partition coefficient (Wildman–Crippen LogP) is 2.04. The largest absolute Gasteiger partial charge is 0.357 e. The number of hydrogen-bond donors (Lipinski definition) is 0. The van der Waals surface area contributed by atoms with E-state index in [9.17, 15) is 4.79 Å². The summed E-state index contributed by atoms with van der Waals surface area (Å²) >= 11 is 1.40. The number of hydrogen-bond acceptors (Lipinski definition) is 4. The number of fused-ring (bicyclic) bond motifs is 1. The summed E-state index contributed by atoms with van der Waals surface area (Å²) in [6.07, 6.45) is 5.58. The van der Waals surface area contributed by atoms with Crippen LogP contribution in [0.15, 0.2) is 48.0 Å². The Morgan fingerprint density at radius 2 is 2.16 bits per heavy atom. The lowest BCUT2D eigenvalue weighted by Crippen LogP contribution is -2.02. The van der Waals surface area contributed by atoms with Gasteiger partial charge in [0.1, 0.15) is 0 Å². The Hall–Kier alpha value is -2.08. The molecule has 0 saturated carbocycles. The van der Waals surface area contributed by atoms with Gasteiger partial charge in [-0.2, -0.15) is 0 Å². The van der Waals surface area contributed by atoms with Gasteiger partial charge in [-0.25, -0.2) is 0 Å². The second-order valence-electron chi connectivity index (χ2n) is 4.19. The topological polar surface area (TPSA) is 52.2 Å². The first-order chi connectivity index (χ1) is 9.24. The van der Waals surface area contributed by atoms with E-state index in [4.69, 9.17) is 0 Å². The SMILES string of the molecule is Cn1ccc(C(=O)CSc2nnc3ccccn23)c1. The van der Waals surface area contributed by atoms with Crippen molar-refractivity contribution in [3.63, 3.8) is 0 Å². The molecule has 3 rings (SSSR count). The van der Waals surface area contributed by atoms with Crippen molar-refractivity contribution in [2.45, 2.75) is 5.16 Å². The highest BCUT2D eigenvalue weighted by Crippen LogP contribution is 2.18. The van der Waals surface area contributed by atoms with Gasteiger partial charge < -0.3 is 4.57 Å². The van der Waals surface area contributed by atoms with Crippen LogP contribution in [-0.2, 0) is 7.05 Å². The lowest BCUT2D eigenvalue weighted by molar-refractivity contribution is 0.102. The van der Waals surface area contributed by atoms with E-state index < -0.39 is 0 Å². The van der Waals surface area contributed by atoms with Gasteiger partial charge in [-0.3, -0.25) is 9.20 Å². The molecule has 0 aromatic carbocycles. The molecule has 0 bridgehead atoms. The monoisotopic (exact) mass is 272 g/mol. The fourth-order valence-corrected chi connectivity index (χ4v) is 2.62. The first kappa shape index (κ1) is 12.0. The van der Waals surface area contributed by atoms with Gasteiger partial charge in [0.2, 0.25) is 0 Å². The molecule has 0 aliphatic carbocycles. The summed E-state index contributed by atoms with van der Waals surface area (Å²) in [5, 5.41) is 8.87. The van der Waals surface area contributed by atoms with Crippen molar-refractivity contribution in [1.82, 2.24) is 19.2 Å². The lowest BCUT2D eigenvalue weighted by atomic mass is 10.2. The van der Waals surface area contributed by atoms with Gasteiger partial charge in [0, 0.05) is 31.2 Å². The summed E-state index contributed by atoms with van der Waals surface area (Å²) in [4.78, 5) is 12.0. The van der Waals surface area contributed by atoms with Crippen LogP contribution < -0.4 is 0 Å². The summed E-state index contributed by atoms with van der Waals surface area (Å²) in [5.41, 5.74) is 1.51. The molecular weight excluding hydrogens is 260 g/mol. The van der Waals surface area contributed by atoms with Gasteiger partial charge in [-0.05, 0) is 18.2 Å². The van der Waals surface area contributed by atoms with Gasteiger partial charge in [-0.15, -0.1) is 10.2 Å². The molecule has 6 heteroatoms. The van der Waals surface area contributed by atoms with Gasteiger partial charge in [0.25, 0.3) is 0 Å². The van der Waals surface area contributed by atoms with Crippen LogP contribution in [-0.4, -0.2) is 30.7 Å². The van der Waals surface area contributed by atoms with Crippen LogP contribution >= 0.6 is 11.8 Å². The van der Waals surface area contributed by atoms with E-state index in [1.165, 1.54) is 11.8 Å². The molecule has 0 amide bonds. The Morgan fingerprint density at radius 1 is 1.26 bits per heavy atom. The van der Waals surface area contributed by atoms with Gasteiger partial charge >= 0.3 is 0 Å². The number of ketones is 1. The summed E-state index contributed by atoms with van der Waals surface area (Å²) < 4.78 is 3.74. The van der Waals surface area contributed by atoms with Gasteiger partial charge in [0.05, 0.1) is 5.75 Å². The van der Waals surface area contributed by atoms with Crippen molar-refractivity contribution in [2.75, 3.05) is 5.75 Å². The number of carbonyl (C=O) groups excluding carboxylic acids is 1. The number of carbonyl (C=O) groups is 1. The Balaban J connectivity index is 1.74. The second kappa shape index (κ2) is 4.89. The Labute approximate surface area is 114 Å². The summed E-state index contributed by atoms with van der Waals surface area (Å²) in [6, 6.07) is 7.54. The van der Waals surface area contributed by atoms with Crippen LogP contribution in [0.4, 0.5) is 0 Å². The number of thioether (sulfide) groups is 1. The average Bonchev–Trinajstić information content (AvgIpc) is 3.02. The zero-order valence-electron chi connectivity index (χ0n) is 10.4. The minimum Gasteiger partial charge on any atom is -0.357 e. The minimum atomic E-state index is 0.0956. The maximum Gasteiger partial charge on any atom is 0.196 e. The Bertz CT molecular complexity index is 731. The Kier molecular flexibility index (Phi) is 3.08. The zero-order chi connectivity index (χ0) is 13.2. The third kappa shape index (κ3) is 2.39. The van der Waals surface area contributed by atoms with Crippen molar-refractivity contribution >= 4 is 23.2 Å². The number of aromatic nitrogens is 4. The molecule has 0 unspecified atom stereocenters. The third-order valence-corrected chi connectivity index (χ3v) is 3.71. The normalized spacial score (nSPS) is 11.0. The molecule has 0 fully saturated rings. The minimum absolute atomic E-state index is 0.0956. The smallest absolute Gasteiger partial charge is 0.196 e. The van der Waals surface area contributed by atoms with Gasteiger partial charge in [-0.1, -0.05) is 17.8 Å². The standard InChI is InChI=1S/C13H12N4OS/c1-16-7-5-10(8-16)11(18)9-19-13-15-14-12-4-2-3-6-17(12)13/h2-8H,9H2,1H3. The van der Waals surface area contributed by atoms with Crippen molar-refractivity contribution in [1.29, 1.82) is 0 Å². The van der Waals surface area contributed by atoms with E-state index in [2.05, 4.69) is 10.2 Å². The van der Waals surface area contributed by atoms with E-state index in [0.29, 0.717) is 5.75 Å². The molecule has 19 heavy (non-hydrogen) atoms. The van der Waals surface area contributed by atoms with Crippen LogP contribution in [0.5, 0.6) is 0 Å². The second-order valence-corrected chi connectivity index (χ2v) is 5.13.